The maximum absolute atomic E-state index is 14.2. The maximum Gasteiger partial charge on any atom is 0.179 e. The quantitative estimate of drug-likeness (QED) is 0.200. The van der Waals surface area contributed by atoms with E-state index >= 15 is 0 Å². The first-order valence-electron chi connectivity index (χ1n) is 9.36. The Morgan fingerprint density at radius 1 is 0.966 bits per heavy atom. The molecule has 0 saturated heterocycles. The third kappa shape index (κ3) is 4.09. The number of benzene rings is 1. The molecule has 1 aromatic rings. The summed E-state index contributed by atoms with van der Waals surface area (Å²) in [7, 11) is -2.34. The number of hydrogen-bond acceptors (Lipinski definition) is 6. The molecular weight excluding hydrogens is 436 g/mol. The van der Waals surface area contributed by atoms with E-state index in [9.17, 15) is 21.8 Å². The third-order valence-electron chi connectivity index (χ3n) is 6.22. The zero-order valence-corrected chi connectivity index (χ0v) is 16.9. The van der Waals surface area contributed by atoms with Gasteiger partial charge in [-0.25, -0.2) is 22.8 Å². The Kier molecular flexibility index (Phi) is 6.25. The van der Waals surface area contributed by atoms with Crippen LogP contribution in [0.5, 0.6) is 0 Å². The van der Waals surface area contributed by atoms with E-state index in [2.05, 4.69) is 9.37 Å². The van der Waals surface area contributed by atoms with Crippen LogP contribution in [0.25, 0.3) is 0 Å². The number of halogens is 4. The van der Waals surface area contributed by atoms with E-state index in [-0.39, 0.29) is 30.0 Å². The normalized spacial score (nSPS) is 31.4. The standard InChI is InChI=1S/C18H20F4O5S2/c19-12-14(21)17(15(22)13(20)16(12)28-27-26-23)29(24)2-1-25-18-6-9-3-10(7-18)5-11(4-9)8-18/h9-11,23H,1-8H2. The number of ether oxygens (including phenoxy) is 1. The fourth-order valence-corrected chi connectivity index (χ4v) is 7.00. The molecule has 4 bridgehead atoms. The molecule has 162 valence electrons. The molecule has 4 saturated carbocycles. The highest BCUT2D eigenvalue weighted by Crippen LogP contribution is 2.57. The van der Waals surface area contributed by atoms with Crippen LogP contribution in [0.15, 0.2) is 9.79 Å². The second-order valence-corrected chi connectivity index (χ2v) is 10.4. The Morgan fingerprint density at radius 2 is 1.48 bits per heavy atom. The molecule has 5 rings (SSSR count). The van der Waals surface area contributed by atoms with Crippen molar-refractivity contribution in [1.29, 1.82) is 0 Å². The van der Waals surface area contributed by atoms with Crippen molar-refractivity contribution in [1.82, 2.24) is 0 Å². The van der Waals surface area contributed by atoms with Gasteiger partial charge < -0.3 is 4.74 Å². The van der Waals surface area contributed by atoms with Crippen molar-refractivity contribution in [3.05, 3.63) is 23.3 Å². The van der Waals surface area contributed by atoms with E-state index in [1.807, 2.05) is 0 Å². The SMILES string of the molecule is O=S(CCOC12CC3CC(CC(C3)C1)C2)c1c(F)c(F)c(SOOO)c(F)c1F. The molecule has 4 fully saturated rings. The van der Waals surface area contributed by atoms with Gasteiger partial charge in [0.05, 0.1) is 40.8 Å². The Labute approximate surface area is 171 Å². The lowest BCUT2D eigenvalue weighted by atomic mass is 9.54. The average Bonchev–Trinajstić information content (AvgIpc) is 2.65. The van der Waals surface area contributed by atoms with Crippen LogP contribution in [-0.2, 0) is 24.9 Å². The van der Waals surface area contributed by atoms with Gasteiger partial charge in [0.15, 0.2) is 23.3 Å². The molecule has 1 aromatic carbocycles. The lowest BCUT2D eigenvalue weighted by Crippen LogP contribution is -2.52. The predicted octanol–water partition coefficient (Wildman–Crippen LogP) is 4.76. The lowest BCUT2D eigenvalue weighted by molar-refractivity contribution is -0.432. The maximum atomic E-state index is 14.2. The van der Waals surface area contributed by atoms with E-state index in [1.165, 1.54) is 19.3 Å². The minimum atomic E-state index is -2.34. The minimum absolute atomic E-state index is 0.0150. The van der Waals surface area contributed by atoms with E-state index in [1.54, 1.807) is 0 Å². The van der Waals surface area contributed by atoms with Crippen molar-refractivity contribution in [3.8, 4) is 0 Å². The van der Waals surface area contributed by atoms with Crippen LogP contribution in [0.4, 0.5) is 17.6 Å². The summed E-state index contributed by atoms with van der Waals surface area (Å²) in [5.41, 5.74) is -0.269. The molecule has 0 amide bonds. The second-order valence-electron chi connectivity index (χ2n) is 8.14. The van der Waals surface area contributed by atoms with Crippen LogP contribution in [0.2, 0.25) is 0 Å². The zero-order chi connectivity index (χ0) is 20.8. The van der Waals surface area contributed by atoms with Crippen LogP contribution >= 0.6 is 12.0 Å². The van der Waals surface area contributed by atoms with Gasteiger partial charge in [-0.05, 0) is 56.3 Å². The van der Waals surface area contributed by atoms with Crippen molar-refractivity contribution in [2.75, 3.05) is 12.4 Å². The van der Waals surface area contributed by atoms with Crippen LogP contribution < -0.4 is 0 Å². The summed E-state index contributed by atoms with van der Waals surface area (Å²) in [5, 5.41) is 11.2. The highest BCUT2D eigenvalue weighted by atomic mass is 32.2. The first kappa shape index (κ1) is 21.5. The molecule has 0 aliphatic heterocycles. The molecule has 0 heterocycles. The Balaban J connectivity index is 1.44. The first-order chi connectivity index (χ1) is 13.8. The summed E-state index contributed by atoms with van der Waals surface area (Å²) in [5.74, 6) is -5.48. The molecule has 11 heteroatoms. The van der Waals surface area contributed by atoms with E-state index in [4.69, 9.17) is 9.99 Å². The van der Waals surface area contributed by atoms with E-state index in [0.717, 1.165) is 19.3 Å². The van der Waals surface area contributed by atoms with Crippen molar-refractivity contribution in [2.24, 2.45) is 17.8 Å². The van der Waals surface area contributed by atoms with Gasteiger partial charge in [-0.3, -0.25) is 4.21 Å². The third-order valence-corrected chi connectivity index (χ3v) is 8.22. The summed E-state index contributed by atoms with van der Waals surface area (Å²) in [6, 6.07) is 0. The molecule has 0 aromatic heterocycles. The largest absolute Gasteiger partial charge is 0.374 e. The van der Waals surface area contributed by atoms with Gasteiger partial charge in [-0.2, -0.15) is 0 Å². The average molecular weight is 456 g/mol. The van der Waals surface area contributed by atoms with E-state index in [0.29, 0.717) is 17.8 Å². The van der Waals surface area contributed by atoms with Gasteiger partial charge in [0.25, 0.3) is 0 Å². The van der Waals surface area contributed by atoms with Crippen LogP contribution in [0.3, 0.4) is 0 Å². The highest BCUT2D eigenvalue weighted by molar-refractivity contribution is 7.94. The Hall–Kier alpha value is -0.720. The fraction of sp³-hybridized carbons (Fsp3) is 0.667. The smallest absolute Gasteiger partial charge is 0.179 e. The zero-order valence-electron chi connectivity index (χ0n) is 15.3. The van der Waals surface area contributed by atoms with Gasteiger partial charge in [0.2, 0.25) is 0 Å². The topological polar surface area (TPSA) is 65.0 Å². The van der Waals surface area contributed by atoms with Crippen molar-refractivity contribution in [2.45, 2.75) is 53.9 Å². The summed E-state index contributed by atoms with van der Waals surface area (Å²) in [6.45, 7) is -0.0150. The van der Waals surface area contributed by atoms with Gasteiger partial charge >= 0.3 is 0 Å². The van der Waals surface area contributed by atoms with Crippen molar-refractivity contribution >= 4 is 22.8 Å². The fourth-order valence-electron chi connectivity index (χ4n) is 5.56. The van der Waals surface area contributed by atoms with Gasteiger partial charge in [-0.1, -0.05) is 5.04 Å². The minimum Gasteiger partial charge on any atom is -0.374 e. The summed E-state index contributed by atoms with van der Waals surface area (Å²) in [6.07, 6.45) is 6.49. The van der Waals surface area contributed by atoms with Gasteiger partial charge in [0, 0.05) is 0 Å². The summed E-state index contributed by atoms with van der Waals surface area (Å²) in [4.78, 5) is -2.37. The molecule has 1 unspecified atom stereocenters. The Morgan fingerprint density at radius 3 is 1.97 bits per heavy atom. The van der Waals surface area contributed by atoms with Crippen LogP contribution in [0, 0.1) is 41.0 Å². The molecular formula is C18H20F4O5S2. The number of rotatable bonds is 8. The molecule has 1 N–H and O–H groups in total. The van der Waals surface area contributed by atoms with Crippen LogP contribution in [0.1, 0.15) is 38.5 Å². The lowest BCUT2D eigenvalue weighted by Gasteiger charge is -2.56. The monoisotopic (exact) mass is 456 g/mol. The molecule has 0 spiro atoms. The van der Waals surface area contributed by atoms with Crippen molar-refractivity contribution < 1.29 is 41.1 Å². The van der Waals surface area contributed by atoms with Gasteiger partial charge in [0.1, 0.15) is 9.79 Å². The Bertz CT molecular complexity index is 758. The molecule has 29 heavy (non-hydrogen) atoms. The van der Waals surface area contributed by atoms with Crippen molar-refractivity contribution in [3.63, 3.8) is 0 Å². The highest BCUT2D eigenvalue weighted by Gasteiger charge is 2.51. The first-order valence-corrected chi connectivity index (χ1v) is 11.4. The van der Waals surface area contributed by atoms with E-state index < -0.39 is 43.9 Å². The predicted molar refractivity (Wildman–Crippen MR) is 95.1 cm³/mol. The number of hydrogen-bond donors (Lipinski definition) is 1. The summed E-state index contributed by atoms with van der Waals surface area (Å²) < 4.78 is 78.8. The van der Waals surface area contributed by atoms with Crippen LogP contribution in [-0.4, -0.2) is 27.4 Å². The molecule has 4 aliphatic rings. The molecule has 1 atom stereocenters. The second kappa shape index (κ2) is 8.43. The molecule has 5 nitrogen and oxygen atoms in total. The summed E-state index contributed by atoms with van der Waals surface area (Å²) >= 11 is -0.253. The van der Waals surface area contributed by atoms with Gasteiger partial charge in [-0.15, -0.1) is 4.33 Å². The molecule has 4 aliphatic carbocycles. The molecule has 0 radical (unpaired) electrons.